The number of hydrogen-bond donors (Lipinski definition) is 1. The first-order chi connectivity index (χ1) is 9.20. The molecule has 1 N–H and O–H groups in total. The molecule has 6 heteroatoms. The van der Waals surface area contributed by atoms with E-state index >= 15 is 0 Å². The van der Waals surface area contributed by atoms with Gasteiger partial charge >= 0.3 is 0 Å². The zero-order chi connectivity index (χ0) is 13.7. The molecule has 2 atom stereocenters. The normalized spacial score (nSPS) is 22.5. The summed E-state index contributed by atoms with van der Waals surface area (Å²) in [5.74, 6) is 0.391. The Morgan fingerprint density at radius 2 is 2.42 bits per heavy atom. The number of hydrogen-bond acceptors (Lipinski definition) is 5. The van der Waals surface area contributed by atoms with Gasteiger partial charge in [-0.05, 0) is 19.1 Å². The molecule has 0 saturated carbocycles. The number of likely N-dealkylation sites (tertiary alicyclic amines) is 1. The second-order valence-corrected chi connectivity index (χ2v) is 4.34. The van der Waals surface area contributed by atoms with Gasteiger partial charge in [-0.25, -0.2) is 0 Å². The maximum atomic E-state index is 11.9. The molecule has 104 valence electrons. The minimum absolute atomic E-state index is 0.0583. The Labute approximate surface area is 112 Å². The van der Waals surface area contributed by atoms with Crippen molar-refractivity contribution in [2.75, 3.05) is 26.3 Å². The molecule has 1 aromatic rings. The quantitative estimate of drug-likeness (QED) is 0.816. The van der Waals surface area contributed by atoms with E-state index < -0.39 is 6.10 Å². The van der Waals surface area contributed by atoms with Gasteiger partial charge in [0.15, 0.2) is 6.61 Å². The molecule has 0 aromatic carbocycles. The van der Waals surface area contributed by atoms with Crippen LogP contribution in [0.4, 0.5) is 0 Å². The molecule has 1 aliphatic rings. The highest BCUT2D eigenvalue weighted by atomic mass is 16.5. The van der Waals surface area contributed by atoms with Crippen molar-refractivity contribution < 1.29 is 19.4 Å². The highest BCUT2D eigenvalue weighted by molar-refractivity contribution is 5.78. The summed E-state index contributed by atoms with van der Waals surface area (Å²) >= 11 is 0. The van der Waals surface area contributed by atoms with Crippen LogP contribution in [0.2, 0.25) is 0 Å². The van der Waals surface area contributed by atoms with E-state index in [-0.39, 0.29) is 18.6 Å². The summed E-state index contributed by atoms with van der Waals surface area (Å²) < 4.78 is 10.7. The fraction of sp³-hybridized carbons (Fsp3) is 0.538. The number of aliphatic hydroxyl groups excluding tert-OH is 1. The number of amides is 1. The molecular formula is C13H18N2O4. The van der Waals surface area contributed by atoms with Crippen molar-refractivity contribution >= 4 is 5.91 Å². The van der Waals surface area contributed by atoms with Crippen LogP contribution in [0.1, 0.15) is 6.92 Å². The molecule has 1 aromatic heterocycles. The van der Waals surface area contributed by atoms with Gasteiger partial charge in [0.1, 0.15) is 11.9 Å². The number of aliphatic hydroxyl groups is 1. The first kappa shape index (κ1) is 13.8. The smallest absolute Gasteiger partial charge is 0.260 e. The fourth-order valence-electron chi connectivity index (χ4n) is 2.01. The average molecular weight is 266 g/mol. The van der Waals surface area contributed by atoms with Gasteiger partial charge in [0.25, 0.3) is 5.91 Å². The zero-order valence-corrected chi connectivity index (χ0v) is 10.9. The van der Waals surface area contributed by atoms with Crippen LogP contribution in [0.5, 0.6) is 5.75 Å². The van der Waals surface area contributed by atoms with Crippen molar-refractivity contribution in [3.05, 3.63) is 24.5 Å². The van der Waals surface area contributed by atoms with Crippen LogP contribution in [0.3, 0.4) is 0 Å². The fourth-order valence-corrected chi connectivity index (χ4v) is 2.01. The molecule has 19 heavy (non-hydrogen) atoms. The molecule has 1 fully saturated rings. The summed E-state index contributed by atoms with van der Waals surface area (Å²) in [6.07, 6.45) is 2.27. The number of nitrogens with zero attached hydrogens (tertiary/aromatic N) is 2. The van der Waals surface area contributed by atoms with E-state index in [1.54, 1.807) is 29.4 Å². The number of aromatic nitrogens is 1. The molecule has 0 aliphatic carbocycles. The van der Waals surface area contributed by atoms with Crippen LogP contribution in [0, 0.1) is 0 Å². The van der Waals surface area contributed by atoms with E-state index in [0.29, 0.717) is 25.4 Å². The molecule has 1 aliphatic heterocycles. The zero-order valence-electron chi connectivity index (χ0n) is 10.9. The van der Waals surface area contributed by atoms with Gasteiger partial charge in [0.05, 0.1) is 12.3 Å². The minimum Gasteiger partial charge on any atom is -0.482 e. The van der Waals surface area contributed by atoms with Crippen molar-refractivity contribution in [2.45, 2.75) is 19.1 Å². The van der Waals surface area contributed by atoms with Crippen LogP contribution in [-0.2, 0) is 9.53 Å². The predicted molar refractivity (Wildman–Crippen MR) is 67.7 cm³/mol. The molecule has 1 amide bonds. The van der Waals surface area contributed by atoms with Gasteiger partial charge in [-0.2, -0.15) is 0 Å². The van der Waals surface area contributed by atoms with Crippen LogP contribution < -0.4 is 4.74 Å². The van der Waals surface area contributed by atoms with E-state index in [4.69, 9.17) is 9.47 Å². The van der Waals surface area contributed by atoms with Crippen LogP contribution in [0.25, 0.3) is 0 Å². The van der Waals surface area contributed by atoms with Crippen molar-refractivity contribution in [3.8, 4) is 5.75 Å². The van der Waals surface area contributed by atoms with Crippen LogP contribution in [0.15, 0.2) is 24.5 Å². The molecule has 6 nitrogen and oxygen atoms in total. The van der Waals surface area contributed by atoms with E-state index in [0.717, 1.165) is 0 Å². The highest BCUT2D eigenvalue weighted by Crippen LogP contribution is 2.14. The van der Waals surface area contributed by atoms with Crippen molar-refractivity contribution in [1.29, 1.82) is 0 Å². The molecule has 2 heterocycles. The molecular weight excluding hydrogens is 248 g/mol. The second kappa shape index (κ2) is 6.49. The second-order valence-electron chi connectivity index (χ2n) is 4.34. The number of rotatable bonds is 5. The van der Waals surface area contributed by atoms with Crippen molar-refractivity contribution in [3.63, 3.8) is 0 Å². The van der Waals surface area contributed by atoms with E-state index in [1.807, 2.05) is 6.92 Å². The summed E-state index contributed by atoms with van der Waals surface area (Å²) in [5.41, 5.74) is 0. The Hall–Kier alpha value is -1.66. The highest BCUT2D eigenvalue weighted by Gasteiger charge is 2.34. The number of carbonyl (C=O) groups is 1. The largest absolute Gasteiger partial charge is 0.482 e. The number of pyridine rings is 1. The van der Waals surface area contributed by atoms with Gasteiger partial charge < -0.3 is 19.5 Å². The van der Waals surface area contributed by atoms with E-state index in [2.05, 4.69) is 4.98 Å². The lowest BCUT2D eigenvalue weighted by molar-refractivity contribution is -0.132. The number of β-amino-alcohol motifs (C(OH)–C–C–N with tert-alkyl or cyclic N) is 1. The average Bonchev–Trinajstić information content (AvgIpc) is 2.79. The Bertz CT molecular complexity index is 412. The summed E-state index contributed by atoms with van der Waals surface area (Å²) in [6.45, 7) is 3.03. The van der Waals surface area contributed by atoms with Gasteiger partial charge in [0, 0.05) is 25.9 Å². The predicted octanol–water partition coefficient (Wildman–Crippen LogP) is 0.0686. The summed E-state index contributed by atoms with van der Waals surface area (Å²) in [6, 6.07) is 3.48. The molecule has 0 unspecified atom stereocenters. The third-order valence-electron chi connectivity index (χ3n) is 2.97. The van der Waals surface area contributed by atoms with Gasteiger partial charge in [-0.15, -0.1) is 0 Å². The molecule has 1 saturated heterocycles. The first-order valence-electron chi connectivity index (χ1n) is 6.31. The summed E-state index contributed by atoms with van der Waals surface area (Å²) in [4.78, 5) is 17.4. The summed E-state index contributed by atoms with van der Waals surface area (Å²) in [7, 11) is 0. The topological polar surface area (TPSA) is 71.9 Å². The lowest BCUT2D eigenvalue weighted by Gasteiger charge is -2.16. The van der Waals surface area contributed by atoms with Gasteiger partial charge in [0.2, 0.25) is 0 Å². The molecule has 0 radical (unpaired) electrons. The Morgan fingerprint density at radius 3 is 3.11 bits per heavy atom. The van der Waals surface area contributed by atoms with E-state index in [9.17, 15) is 9.90 Å². The maximum Gasteiger partial charge on any atom is 0.260 e. The summed E-state index contributed by atoms with van der Waals surface area (Å²) in [5, 5.41) is 9.75. The minimum atomic E-state index is -0.623. The van der Waals surface area contributed by atoms with Gasteiger partial charge in [-0.1, -0.05) is 0 Å². The Morgan fingerprint density at radius 1 is 1.58 bits per heavy atom. The van der Waals surface area contributed by atoms with E-state index in [1.165, 1.54) is 0 Å². The van der Waals surface area contributed by atoms with Gasteiger partial charge in [-0.3, -0.25) is 9.78 Å². The molecule has 0 bridgehead atoms. The first-order valence-corrected chi connectivity index (χ1v) is 6.31. The molecule has 2 rings (SSSR count). The van der Waals surface area contributed by atoms with Crippen LogP contribution in [-0.4, -0.2) is 59.4 Å². The Balaban J connectivity index is 1.81. The number of ether oxygens (including phenoxy) is 2. The Kier molecular flexibility index (Phi) is 4.70. The van der Waals surface area contributed by atoms with Crippen LogP contribution >= 0.6 is 0 Å². The lowest BCUT2D eigenvalue weighted by atomic mass is 10.3. The van der Waals surface area contributed by atoms with Crippen molar-refractivity contribution in [1.82, 2.24) is 9.88 Å². The lowest BCUT2D eigenvalue weighted by Crippen LogP contribution is -2.34. The molecule has 0 spiro atoms. The third-order valence-corrected chi connectivity index (χ3v) is 2.97. The third kappa shape index (κ3) is 3.65. The standard InChI is InChI=1S/C13H18N2O4/c1-2-18-12-8-15(7-11(12)16)13(17)9-19-10-4-3-5-14-6-10/h3-6,11-12,16H,2,7-9H2,1H3/t11-,12-/m1/s1. The number of carbonyl (C=O) groups excluding carboxylic acids is 1. The van der Waals surface area contributed by atoms with Crippen molar-refractivity contribution in [2.24, 2.45) is 0 Å². The maximum absolute atomic E-state index is 11.9. The SMILES string of the molecule is CCO[C@@H]1CN(C(=O)COc2cccnc2)C[C@H]1O. The monoisotopic (exact) mass is 266 g/mol.